The Morgan fingerprint density at radius 3 is 2.80 bits per heavy atom. The Labute approximate surface area is 118 Å². The predicted octanol–water partition coefficient (Wildman–Crippen LogP) is 2.98. The number of carbonyl (C=O) groups is 1. The molecule has 0 aliphatic carbocycles. The van der Waals surface area contributed by atoms with E-state index in [1.165, 1.54) is 12.8 Å². The van der Waals surface area contributed by atoms with Crippen LogP contribution in [0, 0.1) is 0 Å². The molecule has 1 saturated heterocycles. The van der Waals surface area contributed by atoms with Gasteiger partial charge in [0.05, 0.1) is 12.8 Å². The molecule has 20 heavy (non-hydrogen) atoms. The molecule has 1 aromatic heterocycles. The maximum Gasteiger partial charge on any atom is 0.238 e. The smallest absolute Gasteiger partial charge is 0.238 e. The van der Waals surface area contributed by atoms with Crippen LogP contribution in [0.2, 0.25) is 0 Å². The summed E-state index contributed by atoms with van der Waals surface area (Å²) in [6.45, 7) is 2.53. The van der Waals surface area contributed by atoms with E-state index in [1.807, 2.05) is 36.4 Å². The van der Waals surface area contributed by atoms with Crippen molar-refractivity contribution in [2.75, 3.05) is 25.0 Å². The first kappa shape index (κ1) is 12.9. The van der Waals surface area contributed by atoms with Gasteiger partial charge in [-0.2, -0.15) is 0 Å². The fraction of sp³-hybridized carbons (Fsp3) is 0.312. The van der Waals surface area contributed by atoms with E-state index in [0.717, 1.165) is 30.1 Å². The van der Waals surface area contributed by atoms with E-state index in [1.54, 1.807) is 6.26 Å². The average Bonchev–Trinajstić information content (AvgIpc) is 3.11. The maximum absolute atomic E-state index is 12.0. The van der Waals surface area contributed by atoms with E-state index in [2.05, 4.69) is 10.2 Å². The van der Waals surface area contributed by atoms with Crippen molar-refractivity contribution < 1.29 is 9.21 Å². The van der Waals surface area contributed by atoms with Gasteiger partial charge in [-0.05, 0) is 50.2 Å². The summed E-state index contributed by atoms with van der Waals surface area (Å²) < 4.78 is 5.37. The van der Waals surface area contributed by atoms with Gasteiger partial charge >= 0.3 is 0 Å². The highest BCUT2D eigenvalue weighted by atomic mass is 16.3. The van der Waals surface area contributed by atoms with Crippen molar-refractivity contribution in [1.82, 2.24) is 4.90 Å². The van der Waals surface area contributed by atoms with E-state index >= 15 is 0 Å². The van der Waals surface area contributed by atoms with E-state index in [4.69, 9.17) is 4.42 Å². The van der Waals surface area contributed by atoms with Crippen LogP contribution in [0.25, 0.3) is 11.3 Å². The highest BCUT2D eigenvalue weighted by Crippen LogP contribution is 2.22. The van der Waals surface area contributed by atoms with Crippen LogP contribution >= 0.6 is 0 Å². The molecule has 2 heterocycles. The fourth-order valence-corrected chi connectivity index (χ4v) is 2.54. The second-order valence-electron chi connectivity index (χ2n) is 5.09. The third kappa shape index (κ3) is 3.08. The lowest BCUT2D eigenvalue weighted by Gasteiger charge is -2.14. The molecule has 1 aliphatic rings. The molecule has 0 unspecified atom stereocenters. The van der Waals surface area contributed by atoms with Gasteiger partial charge in [0.1, 0.15) is 5.76 Å². The number of carbonyl (C=O) groups excluding carboxylic acids is 1. The summed E-state index contributed by atoms with van der Waals surface area (Å²) >= 11 is 0. The number of benzene rings is 1. The predicted molar refractivity (Wildman–Crippen MR) is 78.4 cm³/mol. The summed E-state index contributed by atoms with van der Waals surface area (Å²) in [6.07, 6.45) is 4.04. The summed E-state index contributed by atoms with van der Waals surface area (Å²) in [5, 5.41) is 2.95. The first-order valence-corrected chi connectivity index (χ1v) is 6.97. The number of amides is 1. The van der Waals surface area contributed by atoms with Crippen LogP contribution in [0.15, 0.2) is 47.1 Å². The number of rotatable bonds is 4. The molecule has 0 saturated carbocycles. The minimum Gasteiger partial charge on any atom is -0.464 e. The maximum atomic E-state index is 12.0. The molecule has 1 fully saturated rings. The lowest BCUT2D eigenvalue weighted by molar-refractivity contribution is -0.117. The lowest BCUT2D eigenvalue weighted by Crippen LogP contribution is -2.30. The van der Waals surface area contributed by atoms with Crippen molar-refractivity contribution in [3.8, 4) is 11.3 Å². The quantitative estimate of drug-likeness (QED) is 0.929. The first-order valence-electron chi connectivity index (χ1n) is 6.97. The van der Waals surface area contributed by atoms with Crippen molar-refractivity contribution >= 4 is 11.6 Å². The topological polar surface area (TPSA) is 45.5 Å². The number of hydrogen-bond acceptors (Lipinski definition) is 3. The lowest BCUT2D eigenvalue weighted by atomic mass is 10.1. The van der Waals surface area contributed by atoms with Gasteiger partial charge in [0.25, 0.3) is 0 Å². The van der Waals surface area contributed by atoms with Crippen LogP contribution in [-0.2, 0) is 4.79 Å². The Morgan fingerprint density at radius 1 is 1.20 bits per heavy atom. The van der Waals surface area contributed by atoms with Gasteiger partial charge in [0.2, 0.25) is 5.91 Å². The molecule has 0 bridgehead atoms. The molecular formula is C16H18N2O2. The van der Waals surface area contributed by atoms with Crippen molar-refractivity contribution in [2.24, 2.45) is 0 Å². The van der Waals surface area contributed by atoms with Crippen LogP contribution in [0.4, 0.5) is 5.69 Å². The third-order valence-electron chi connectivity index (χ3n) is 3.52. The standard InChI is InChI=1S/C16H18N2O2/c19-16(12-18-8-1-2-9-18)17-14-6-3-5-13(11-14)15-7-4-10-20-15/h3-7,10-11H,1-2,8-9,12H2,(H,17,19). The molecule has 4 heteroatoms. The second kappa shape index (κ2) is 5.92. The normalized spacial score (nSPS) is 15.4. The molecule has 4 nitrogen and oxygen atoms in total. The molecular weight excluding hydrogens is 252 g/mol. The summed E-state index contributed by atoms with van der Waals surface area (Å²) in [5.74, 6) is 0.851. The Morgan fingerprint density at radius 2 is 2.05 bits per heavy atom. The largest absolute Gasteiger partial charge is 0.464 e. The van der Waals surface area contributed by atoms with Crippen molar-refractivity contribution in [3.05, 3.63) is 42.7 Å². The molecule has 3 rings (SSSR count). The number of anilines is 1. The summed E-state index contributed by atoms with van der Waals surface area (Å²) in [6, 6.07) is 11.5. The molecule has 2 aromatic rings. The van der Waals surface area contributed by atoms with Gasteiger partial charge in [-0.15, -0.1) is 0 Å². The molecule has 0 spiro atoms. The van der Waals surface area contributed by atoms with Gasteiger partial charge in [0, 0.05) is 11.3 Å². The molecule has 0 atom stereocenters. The third-order valence-corrected chi connectivity index (χ3v) is 3.52. The van der Waals surface area contributed by atoms with Crippen molar-refractivity contribution in [2.45, 2.75) is 12.8 Å². The molecule has 1 aliphatic heterocycles. The average molecular weight is 270 g/mol. The highest BCUT2D eigenvalue weighted by molar-refractivity contribution is 5.92. The minimum atomic E-state index is 0.0449. The Hall–Kier alpha value is -2.07. The van der Waals surface area contributed by atoms with Gasteiger partial charge in [-0.25, -0.2) is 0 Å². The SMILES string of the molecule is O=C(CN1CCCC1)Nc1cccc(-c2ccco2)c1. The van der Waals surface area contributed by atoms with Gasteiger partial charge < -0.3 is 9.73 Å². The van der Waals surface area contributed by atoms with Crippen LogP contribution in [0.5, 0.6) is 0 Å². The van der Waals surface area contributed by atoms with Gasteiger partial charge in [0.15, 0.2) is 0 Å². The molecule has 1 aromatic carbocycles. The monoisotopic (exact) mass is 270 g/mol. The second-order valence-corrected chi connectivity index (χ2v) is 5.09. The molecule has 0 radical (unpaired) electrons. The number of hydrogen-bond donors (Lipinski definition) is 1. The summed E-state index contributed by atoms with van der Waals surface area (Å²) in [4.78, 5) is 14.2. The minimum absolute atomic E-state index is 0.0449. The zero-order valence-corrected chi connectivity index (χ0v) is 11.3. The van der Waals surface area contributed by atoms with E-state index < -0.39 is 0 Å². The van der Waals surface area contributed by atoms with Crippen LogP contribution < -0.4 is 5.32 Å². The van der Waals surface area contributed by atoms with E-state index in [-0.39, 0.29) is 5.91 Å². The summed E-state index contributed by atoms with van der Waals surface area (Å²) in [7, 11) is 0. The Bertz CT molecular complexity index is 572. The van der Waals surface area contributed by atoms with Crippen molar-refractivity contribution in [3.63, 3.8) is 0 Å². The molecule has 1 amide bonds. The van der Waals surface area contributed by atoms with Crippen molar-refractivity contribution in [1.29, 1.82) is 0 Å². The van der Waals surface area contributed by atoms with Crippen LogP contribution in [0.3, 0.4) is 0 Å². The number of furan rings is 1. The van der Waals surface area contributed by atoms with Crippen LogP contribution in [0.1, 0.15) is 12.8 Å². The van der Waals surface area contributed by atoms with E-state index in [0.29, 0.717) is 6.54 Å². The van der Waals surface area contributed by atoms with Crippen LogP contribution in [-0.4, -0.2) is 30.4 Å². The Kier molecular flexibility index (Phi) is 3.83. The molecule has 1 N–H and O–H groups in total. The van der Waals surface area contributed by atoms with Gasteiger partial charge in [-0.1, -0.05) is 12.1 Å². The highest BCUT2D eigenvalue weighted by Gasteiger charge is 2.15. The number of nitrogens with zero attached hydrogens (tertiary/aromatic N) is 1. The van der Waals surface area contributed by atoms with E-state index in [9.17, 15) is 4.79 Å². The number of likely N-dealkylation sites (tertiary alicyclic amines) is 1. The zero-order valence-electron chi connectivity index (χ0n) is 11.3. The fourth-order valence-electron chi connectivity index (χ4n) is 2.54. The number of nitrogens with one attached hydrogen (secondary N) is 1. The molecule has 104 valence electrons. The van der Waals surface area contributed by atoms with Gasteiger partial charge in [-0.3, -0.25) is 9.69 Å². The Balaban J connectivity index is 1.65. The zero-order chi connectivity index (χ0) is 13.8. The summed E-state index contributed by atoms with van der Waals surface area (Å²) in [5.41, 5.74) is 1.78. The first-order chi connectivity index (χ1) is 9.81.